The Morgan fingerprint density at radius 2 is 1.49 bits per heavy atom. The normalized spacial score (nSPS) is 11.3. The number of hydrogen-bond acceptors (Lipinski definition) is 5. The molecule has 0 saturated carbocycles. The molecule has 0 unspecified atom stereocenters. The number of anilines is 1. The smallest absolute Gasteiger partial charge is 0.306 e. The van der Waals surface area contributed by atoms with Gasteiger partial charge >= 0.3 is 5.97 Å². The Bertz CT molecular complexity index is 1160. The molecule has 3 rings (SSSR count). The van der Waals surface area contributed by atoms with Gasteiger partial charge in [-0.3, -0.25) is 14.4 Å². The van der Waals surface area contributed by atoms with Gasteiger partial charge in [0.1, 0.15) is 11.5 Å². The molecule has 182 valence electrons. The monoisotopic (exact) mass is 474 g/mol. The first-order valence-electron chi connectivity index (χ1n) is 11.4. The zero-order valence-corrected chi connectivity index (χ0v) is 20.2. The third-order valence-electron chi connectivity index (χ3n) is 5.45. The molecule has 0 saturated heterocycles. The van der Waals surface area contributed by atoms with Gasteiger partial charge in [-0.25, -0.2) is 0 Å². The zero-order valence-electron chi connectivity index (χ0n) is 20.2. The third-order valence-corrected chi connectivity index (χ3v) is 5.45. The first-order valence-corrected chi connectivity index (χ1v) is 11.4. The Kier molecular flexibility index (Phi) is 9.01. The number of amides is 2. The fourth-order valence-corrected chi connectivity index (χ4v) is 3.29. The van der Waals surface area contributed by atoms with Gasteiger partial charge in [0.25, 0.3) is 5.91 Å². The largest absolute Gasteiger partial charge is 0.457 e. The summed E-state index contributed by atoms with van der Waals surface area (Å²) in [6.45, 7) is 5.53. The van der Waals surface area contributed by atoms with Crippen molar-refractivity contribution < 1.29 is 23.9 Å². The van der Waals surface area contributed by atoms with Crippen molar-refractivity contribution in [1.82, 2.24) is 5.32 Å². The summed E-state index contributed by atoms with van der Waals surface area (Å²) in [4.78, 5) is 36.1. The summed E-state index contributed by atoms with van der Waals surface area (Å²) < 4.78 is 10.8. The number of ether oxygens (including phenoxy) is 2. The van der Waals surface area contributed by atoms with E-state index in [9.17, 15) is 14.4 Å². The van der Waals surface area contributed by atoms with Crippen LogP contribution in [-0.2, 0) is 19.1 Å². The molecule has 0 spiro atoms. The SMILES string of the molecule is Cc1ccc(Oc2ccc(NC(=O)CCC(=O)OCC(=O)N[C@H](C)c3ccccc3)cc2)cc1C. The second-order valence-corrected chi connectivity index (χ2v) is 8.28. The number of aryl methyl sites for hydroxylation is 2. The van der Waals surface area contributed by atoms with E-state index in [4.69, 9.17) is 9.47 Å². The molecule has 0 fully saturated rings. The number of benzene rings is 3. The van der Waals surface area contributed by atoms with E-state index in [0.29, 0.717) is 11.4 Å². The van der Waals surface area contributed by atoms with Gasteiger partial charge in [0.2, 0.25) is 5.91 Å². The maximum Gasteiger partial charge on any atom is 0.306 e. The molecule has 2 N–H and O–H groups in total. The lowest BCUT2D eigenvalue weighted by molar-refractivity contribution is -0.149. The van der Waals surface area contributed by atoms with Crippen molar-refractivity contribution in [3.63, 3.8) is 0 Å². The molecule has 7 heteroatoms. The zero-order chi connectivity index (χ0) is 25.2. The molecule has 1 atom stereocenters. The van der Waals surface area contributed by atoms with E-state index in [-0.39, 0.29) is 31.4 Å². The van der Waals surface area contributed by atoms with E-state index < -0.39 is 11.9 Å². The van der Waals surface area contributed by atoms with Crippen LogP contribution < -0.4 is 15.4 Å². The Balaban J connectivity index is 1.36. The summed E-state index contributed by atoms with van der Waals surface area (Å²) in [5, 5.41) is 5.50. The van der Waals surface area contributed by atoms with Gasteiger partial charge in [-0.05, 0) is 73.9 Å². The van der Waals surface area contributed by atoms with Crippen molar-refractivity contribution in [2.75, 3.05) is 11.9 Å². The van der Waals surface area contributed by atoms with Crippen LogP contribution in [0.5, 0.6) is 11.5 Å². The Labute approximate surface area is 205 Å². The quantitative estimate of drug-likeness (QED) is 0.392. The number of esters is 1. The van der Waals surface area contributed by atoms with Gasteiger partial charge in [0.15, 0.2) is 6.61 Å². The highest BCUT2D eigenvalue weighted by Gasteiger charge is 2.13. The molecule has 7 nitrogen and oxygen atoms in total. The van der Waals surface area contributed by atoms with Crippen LogP contribution in [0, 0.1) is 13.8 Å². The maximum atomic E-state index is 12.2. The first kappa shape index (κ1) is 25.5. The summed E-state index contributed by atoms with van der Waals surface area (Å²) in [6.07, 6.45) is -0.177. The third kappa shape index (κ3) is 8.30. The molecular formula is C28H30N2O5. The number of carbonyl (C=O) groups is 3. The van der Waals surface area contributed by atoms with E-state index in [1.807, 2.05) is 69.3 Å². The van der Waals surface area contributed by atoms with E-state index in [2.05, 4.69) is 10.6 Å². The Hall–Kier alpha value is -4.13. The van der Waals surface area contributed by atoms with Crippen molar-refractivity contribution in [2.24, 2.45) is 0 Å². The predicted octanol–water partition coefficient (Wildman–Crippen LogP) is 5.24. The van der Waals surface area contributed by atoms with Crippen LogP contribution in [0.25, 0.3) is 0 Å². The molecule has 3 aromatic carbocycles. The van der Waals surface area contributed by atoms with Gasteiger partial charge in [-0.2, -0.15) is 0 Å². The van der Waals surface area contributed by atoms with Crippen LogP contribution in [0.3, 0.4) is 0 Å². The van der Waals surface area contributed by atoms with Crippen molar-refractivity contribution in [2.45, 2.75) is 39.7 Å². The number of carbonyl (C=O) groups excluding carboxylic acids is 3. The van der Waals surface area contributed by atoms with Crippen molar-refractivity contribution >= 4 is 23.5 Å². The number of nitrogens with one attached hydrogen (secondary N) is 2. The van der Waals surface area contributed by atoms with Gasteiger partial charge in [0, 0.05) is 12.1 Å². The number of rotatable bonds is 10. The topological polar surface area (TPSA) is 93.7 Å². The molecule has 0 bridgehead atoms. The Morgan fingerprint density at radius 3 is 2.17 bits per heavy atom. The van der Waals surface area contributed by atoms with Gasteiger partial charge < -0.3 is 20.1 Å². The predicted molar refractivity (Wildman–Crippen MR) is 134 cm³/mol. The van der Waals surface area contributed by atoms with Gasteiger partial charge in [0.05, 0.1) is 12.5 Å². The van der Waals surface area contributed by atoms with E-state index in [0.717, 1.165) is 16.9 Å². The first-order chi connectivity index (χ1) is 16.8. The van der Waals surface area contributed by atoms with Gasteiger partial charge in [-0.15, -0.1) is 0 Å². The average Bonchev–Trinajstić information content (AvgIpc) is 2.85. The summed E-state index contributed by atoms with van der Waals surface area (Å²) in [5.41, 5.74) is 3.88. The summed E-state index contributed by atoms with van der Waals surface area (Å²) in [6, 6.07) is 22.1. The van der Waals surface area contributed by atoms with E-state index in [1.165, 1.54) is 5.56 Å². The van der Waals surface area contributed by atoms with Crippen LogP contribution in [0.15, 0.2) is 72.8 Å². The summed E-state index contributed by atoms with van der Waals surface area (Å²) in [7, 11) is 0. The van der Waals surface area contributed by atoms with Crippen LogP contribution in [0.1, 0.15) is 42.5 Å². The molecule has 0 aromatic heterocycles. The lowest BCUT2D eigenvalue weighted by Gasteiger charge is -2.14. The molecule has 3 aromatic rings. The lowest BCUT2D eigenvalue weighted by atomic mass is 10.1. The molecule has 0 radical (unpaired) electrons. The second-order valence-electron chi connectivity index (χ2n) is 8.28. The minimum absolute atomic E-state index is 0.0538. The maximum absolute atomic E-state index is 12.2. The van der Waals surface area contributed by atoms with Crippen molar-refractivity contribution in [3.05, 3.63) is 89.5 Å². The second kappa shape index (κ2) is 12.4. The number of hydrogen-bond donors (Lipinski definition) is 2. The van der Waals surface area contributed by atoms with Crippen LogP contribution in [0.4, 0.5) is 5.69 Å². The fourth-order valence-electron chi connectivity index (χ4n) is 3.29. The molecule has 35 heavy (non-hydrogen) atoms. The fraction of sp³-hybridized carbons (Fsp3) is 0.250. The highest BCUT2D eigenvalue weighted by Crippen LogP contribution is 2.25. The van der Waals surface area contributed by atoms with Crippen LogP contribution in [-0.4, -0.2) is 24.4 Å². The summed E-state index contributed by atoms with van der Waals surface area (Å²) >= 11 is 0. The van der Waals surface area contributed by atoms with Gasteiger partial charge in [-0.1, -0.05) is 36.4 Å². The van der Waals surface area contributed by atoms with Crippen LogP contribution >= 0.6 is 0 Å². The van der Waals surface area contributed by atoms with Crippen LogP contribution in [0.2, 0.25) is 0 Å². The highest BCUT2D eigenvalue weighted by atomic mass is 16.5. The van der Waals surface area contributed by atoms with Crippen molar-refractivity contribution in [1.29, 1.82) is 0 Å². The highest BCUT2D eigenvalue weighted by molar-refractivity contribution is 5.92. The average molecular weight is 475 g/mol. The summed E-state index contributed by atoms with van der Waals surface area (Å²) in [5.74, 6) is 0.0512. The Morgan fingerprint density at radius 1 is 0.800 bits per heavy atom. The minimum atomic E-state index is -0.611. The molecule has 0 aliphatic rings. The lowest BCUT2D eigenvalue weighted by Crippen LogP contribution is -2.31. The molecule has 0 aliphatic heterocycles. The van der Waals surface area contributed by atoms with Crippen molar-refractivity contribution in [3.8, 4) is 11.5 Å². The standard InChI is InChI=1S/C28H30N2O5/c1-19-9-12-25(17-20(19)2)35-24-13-10-23(11-14-24)30-26(31)15-16-28(33)34-18-27(32)29-21(3)22-7-5-4-6-8-22/h4-14,17,21H,15-16,18H2,1-3H3,(H,29,32)(H,30,31)/t21-/m1/s1. The molecular weight excluding hydrogens is 444 g/mol. The van der Waals surface area contributed by atoms with E-state index >= 15 is 0 Å². The molecule has 0 heterocycles. The molecule has 2 amide bonds. The minimum Gasteiger partial charge on any atom is -0.457 e. The van der Waals surface area contributed by atoms with E-state index in [1.54, 1.807) is 24.3 Å². The molecule has 0 aliphatic carbocycles.